The van der Waals surface area contributed by atoms with E-state index in [2.05, 4.69) is 15.3 Å². The molecule has 7 heteroatoms. The monoisotopic (exact) mass is 293 g/mol. The molecule has 2 aromatic heterocycles. The van der Waals surface area contributed by atoms with E-state index in [1.807, 2.05) is 30.3 Å². The Morgan fingerprint density at radius 1 is 1.18 bits per heavy atom. The van der Waals surface area contributed by atoms with Crippen molar-refractivity contribution < 1.29 is 9.21 Å². The van der Waals surface area contributed by atoms with Gasteiger partial charge in [0.1, 0.15) is 12.2 Å². The molecule has 0 saturated carbocycles. The van der Waals surface area contributed by atoms with Gasteiger partial charge in [-0.3, -0.25) is 9.69 Å². The number of fused-ring (bicyclic) bond motifs is 1. The van der Waals surface area contributed by atoms with Crippen molar-refractivity contribution in [1.82, 2.24) is 14.9 Å². The second-order valence-corrected chi connectivity index (χ2v) is 4.74. The van der Waals surface area contributed by atoms with Gasteiger partial charge in [-0.15, -0.1) is 10.2 Å². The van der Waals surface area contributed by atoms with Crippen LogP contribution in [0.25, 0.3) is 0 Å². The van der Waals surface area contributed by atoms with Crippen molar-refractivity contribution >= 4 is 17.4 Å². The largest absolute Gasteiger partial charge is 0.459 e. The van der Waals surface area contributed by atoms with E-state index in [9.17, 15) is 4.79 Å². The van der Waals surface area contributed by atoms with Crippen LogP contribution in [-0.4, -0.2) is 26.6 Å². The molecule has 0 unspecified atom stereocenters. The SMILES string of the molecule is O=C(c1ccco1)N(C1=Nn2cnnc2C1)c1ccccc1. The number of amides is 1. The smallest absolute Gasteiger partial charge is 0.299 e. The molecule has 0 bridgehead atoms. The molecular formula is C15H11N5O2. The van der Waals surface area contributed by atoms with E-state index in [1.165, 1.54) is 17.5 Å². The average Bonchev–Trinajstić information content (AvgIpc) is 3.25. The predicted molar refractivity (Wildman–Crippen MR) is 78.5 cm³/mol. The molecular weight excluding hydrogens is 282 g/mol. The fraction of sp³-hybridized carbons (Fsp3) is 0.0667. The van der Waals surface area contributed by atoms with Crippen molar-refractivity contribution in [3.63, 3.8) is 0 Å². The number of anilines is 1. The van der Waals surface area contributed by atoms with Gasteiger partial charge < -0.3 is 4.42 Å². The lowest BCUT2D eigenvalue weighted by Crippen LogP contribution is -2.37. The number of hydrogen-bond acceptors (Lipinski definition) is 5. The highest BCUT2D eigenvalue weighted by Gasteiger charge is 2.29. The molecule has 7 nitrogen and oxygen atoms in total. The molecule has 0 aliphatic carbocycles. The molecule has 0 N–H and O–H groups in total. The second-order valence-electron chi connectivity index (χ2n) is 4.74. The van der Waals surface area contributed by atoms with Gasteiger partial charge in [0.2, 0.25) is 0 Å². The van der Waals surface area contributed by atoms with Gasteiger partial charge in [0.25, 0.3) is 5.91 Å². The Bertz CT molecular complexity index is 836. The number of nitrogens with zero attached hydrogens (tertiary/aromatic N) is 5. The summed E-state index contributed by atoms with van der Waals surface area (Å²) < 4.78 is 6.81. The van der Waals surface area contributed by atoms with E-state index in [0.29, 0.717) is 18.1 Å². The number of para-hydroxylation sites is 1. The topological polar surface area (TPSA) is 76.5 Å². The molecule has 0 fully saturated rings. The van der Waals surface area contributed by atoms with Gasteiger partial charge in [0, 0.05) is 0 Å². The molecule has 1 amide bonds. The quantitative estimate of drug-likeness (QED) is 0.723. The Kier molecular flexibility index (Phi) is 2.82. The van der Waals surface area contributed by atoms with Crippen molar-refractivity contribution in [2.75, 3.05) is 4.90 Å². The van der Waals surface area contributed by atoms with E-state index >= 15 is 0 Å². The van der Waals surface area contributed by atoms with Gasteiger partial charge in [-0.2, -0.15) is 5.10 Å². The molecule has 108 valence electrons. The highest BCUT2D eigenvalue weighted by molar-refractivity contribution is 6.22. The minimum absolute atomic E-state index is 0.259. The third-order valence-electron chi connectivity index (χ3n) is 3.35. The van der Waals surface area contributed by atoms with Crippen LogP contribution in [0.15, 0.2) is 64.6 Å². The van der Waals surface area contributed by atoms with Gasteiger partial charge >= 0.3 is 0 Å². The van der Waals surface area contributed by atoms with Crippen molar-refractivity contribution in [3.05, 3.63) is 66.6 Å². The van der Waals surface area contributed by atoms with Crippen LogP contribution in [0.5, 0.6) is 0 Å². The maximum absolute atomic E-state index is 12.8. The Labute approximate surface area is 125 Å². The molecule has 0 spiro atoms. The summed E-state index contributed by atoms with van der Waals surface area (Å²) in [6.07, 6.45) is 3.42. The maximum atomic E-state index is 12.8. The first-order chi connectivity index (χ1) is 10.8. The fourth-order valence-electron chi connectivity index (χ4n) is 2.35. The summed E-state index contributed by atoms with van der Waals surface area (Å²) in [5.74, 6) is 1.27. The number of benzene rings is 1. The summed E-state index contributed by atoms with van der Waals surface area (Å²) in [4.78, 5) is 14.3. The number of amidine groups is 1. The van der Waals surface area contributed by atoms with Gasteiger partial charge in [-0.05, 0) is 24.3 Å². The van der Waals surface area contributed by atoms with Gasteiger partial charge in [-0.1, -0.05) is 18.2 Å². The Hall–Kier alpha value is -3.22. The number of furan rings is 1. The summed E-state index contributed by atoms with van der Waals surface area (Å²) in [7, 11) is 0. The number of carbonyl (C=O) groups is 1. The van der Waals surface area contributed by atoms with Crippen LogP contribution < -0.4 is 4.90 Å². The van der Waals surface area contributed by atoms with Crippen molar-refractivity contribution in [1.29, 1.82) is 0 Å². The zero-order valence-corrected chi connectivity index (χ0v) is 11.5. The lowest BCUT2D eigenvalue weighted by atomic mass is 10.2. The summed E-state index contributed by atoms with van der Waals surface area (Å²) in [5.41, 5.74) is 0.723. The molecule has 0 saturated heterocycles. The first-order valence-electron chi connectivity index (χ1n) is 6.73. The number of hydrogen-bond donors (Lipinski definition) is 0. The van der Waals surface area contributed by atoms with E-state index in [1.54, 1.807) is 16.8 Å². The standard InChI is InChI=1S/C15H11N5O2/c21-15(12-7-4-8-22-12)20(11-5-2-1-3-6-11)14-9-13-17-16-10-19(13)18-14/h1-8,10H,9H2. The van der Waals surface area contributed by atoms with Crippen molar-refractivity contribution in [2.24, 2.45) is 5.10 Å². The normalized spacial score (nSPS) is 12.8. The molecule has 1 aromatic carbocycles. The third-order valence-corrected chi connectivity index (χ3v) is 3.35. The first-order valence-corrected chi connectivity index (χ1v) is 6.73. The number of carbonyl (C=O) groups excluding carboxylic acids is 1. The van der Waals surface area contributed by atoms with E-state index < -0.39 is 0 Å². The van der Waals surface area contributed by atoms with Crippen LogP contribution in [0.4, 0.5) is 5.69 Å². The van der Waals surface area contributed by atoms with Crippen molar-refractivity contribution in [2.45, 2.75) is 6.42 Å². The van der Waals surface area contributed by atoms with Crippen LogP contribution in [0, 0.1) is 0 Å². The zero-order chi connectivity index (χ0) is 14.9. The van der Waals surface area contributed by atoms with E-state index in [-0.39, 0.29) is 11.7 Å². The molecule has 1 aliphatic rings. The Morgan fingerprint density at radius 3 is 2.77 bits per heavy atom. The average molecular weight is 293 g/mol. The highest BCUT2D eigenvalue weighted by Crippen LogP contribution is 2.21. The Balaban J connectivity index is 1.77. The summed E-state index contributed by atoms with van der Waals surface area (Å²) in [6, 6.07) is 12.6. The van der Waals surface area contributed by atoms with Crippen LogP contribution in [-0.2, 0) is 6.42 Å². The molecule has 4 rings (SSSR count). The van der Waals surface area contributed by atoms with Crippen LogP contribution in [0.3, 0.4) is 0 Å². The number of rotatable bonds is 2. The maximum Gasteiger partial charge on any atom is 0.299 e. The molecule has 1 aliphatic heterocycles. The zero-order valence-electron chi connectivity index (χ0n) is 11.5. The molecule has 22 heavy (non-hydrogen) atoms. The van der Waals surface area contributed by atoms with Crippen LogP contribution >= 0.6 is 0 Å². The molecule has 3 aromatic rings. The van der Waals surface area contributed by atoms with Gasteiger partial charge in [0.15, 0.2) is 11.6 Å². The summed E-state index contributed by atoms with van der Waals surface area (Å²) in [6.45, 7) is 0. The van der Waals surface area contributed by atoms with Crippen LogP contribution in [0.1, 0.15) is 16.4 Å². The lowest BCUT2D eigenvalue weighted by Gasteiger charge is -2.20. The number of aromatic nitrogens is 3. The second kappa shape index (κ2) is 4.96. The predicted octanol–water partition coefficient (Wildman–Crippen LogP) is 1.94. The molecule has 0 radical (unpaired) electrons. The summed E-state index contributed by atoms with van der Waals surface area (Å²) in [5, 5.41) is 12.2. The third kappa shape index (κ3) is 1.99. The van der Waals surface area contributed by atoms with E-state index in [4.69, 9.17) is 4.42 Å². The Morgan fingerprint density at radius 2 is 2.05 bits per heavy atom. The molecule has 0 atom stereocenters. The summed E-state index contributed by atoms with van der Waals surface area (Å²) >= 11 is 0. The van der Waals surface area contributed by atoms with Crippen LogP contribution in [0.2, 0.25) is 0 Å². The molecule has 3 heterocycles. The van der Waals surface area contributed by atoms with E-state index in [0.717, 1.165) is 5.69 Å². The van der Waals surface area contributed by atoms with Crippen molar-refractivity contribution in [3.8, 4) is 0 Å². The van der Waals surface area contributed by atoms with Gasteiger partial charge in [0.05, 0.1) is 18.4 Å². The van der Waals surface area contributed by atoms with Gasteiger partial charge in [-0.25, -0.2) is 4.68 Å². The minimum Gasteiger partial charge on any atom is -0.459 e. The first kappa shape index (κ1) is 12.5. The highest BCUT2D eigenvalue weighted by atomic mass is 16.3. The lowest BCUT2D eigenvalue weighted by molar-refractivity contribution is 0.0976. The minimum atomic E-state index is -0.270. The fourth-order valence-corrected chi connectivity index (χ4v) is 2.35.